The van der Waals surface area contributed by atoms with E-state index in [4.69, 9.17) is 14.9 Å². The summed E-state index contributed by atoms with van der Waals surface area (Å²) >= 11 is 0. The monoisotopic (exact) mass is 162 g/mol. The van der Waals surface area contributed by atoms with E-state index < -0.39 is 0 Å². The Bertz CT molecular complexity index is 71.4. The average Bonchev–Trinajstić information content (AvgIpc) is 1.85. The van der Waals surface area contributed by atoms with Gasteiger partial charge in [0.2, 0.25) is 0 Å². The van der Waals surface area contributed by atoms with Gasteiger partial charge in [-0.05, 0) is 26.7 Å². The quantitative estimate of drug-likeness (QED) is 0.561. The summed E-state index contributed by atoms with van der Waals surface area (Å²) in [5, 5.41) is 17.7. The van der Waals surface area contributed by atoms with Gasteiger partial charge in [0.15, 0.2) is 0 Å². The van der Waals surface area contributed by atoms with Crippen molar-refractivity contribution in [2.75, 3.05) is 13.2 Å². The Balaban J connectivity index is 2.91. The highest BCUT2D eigenvalue weighted by molar-refractivity contribution is 4.47. The maximum Gasteiger partial charge on any atom is 0.0534 e. The second kappa shape index (κ2) is 6.58. The summed E-state index contributed by atoms with van der Waals surface area (Å²) in [6.45, 7) is 4.62. The minimum absolute atomic E-state index is 0.290. The fourth-order valence-electron chi connectivity index (χ4n) is 0.610. The molecular weight excluding hydrogens is 144 g/mol. The van der Waals surface area contributed by atoms with Crippen LogP contribution in [0.15, 0.2) is 0 Å². The molecule has 3 heteroatoms. The lowest BCUT2D eigenvalue weighted by Gasteiger charge is -2.06. The van der Waals surface area contributed by atoms with E-state index in [-0.39, 0.29) is 12.2 Å². The van der Waals surface area contributed by atoms with Crippen LogP contribution in [0.2, 0.25) is 0 Å². The number of hydrogen-bond donors (Lipinski definition) is 2. The summed E-state index contributed by atoms with van der Waals surface area (Å²) in [5.74, 6) is 0. The van der Waals surface area contributed by atoms with Crippen molar-refractivity contribution in [3.05, 3.63) is 0 Å². The van der Waals surface area contributed by atoms with Crippen LogP contribution in [-0.2, 0) is 4.74 Å². The van der Waals surface area contributed by atoms with Gasteiger partial charge in [0.25, 0.3) is 0 Å². The minimum Gasteiger partial charge on any atom is -0.393 e. The fourth-order valence-corrected chi connectivity index (χ4v) is 0.610. The van der Waals surface area contributed by atoms with Crippen molar-refractivity contribution in [3.63, 3.8) is 0 Å². The molecular formula is C8H18O3. The Labute approximate surface area is 68.0 Å². The van der Waals surface area contributed by atoms with E-state index in [1.165, 1.54) is 0 Å². The first-order valence-corrected chi connectivity index (χ1v) is 4.06. The second-order valence-corrected chi connectivity index (χ2v) is 2.89. The average molecular weight is 162 g/mol. The number of hydrogen-bond acceptors (Lipinski definition) is 3. The minimum atomic E-state index is -0.290. The van der Waals surface area contributed by atoms with Gasteiger partial charge < -0.3 is 14.9 Å². The molecule has 0 heterocycles. The maximum atomic E-state index is 8.83. The lowest BCUT2D eigenvalue weighted by Crippen LogP contribution is -2.09. The smallest absolute Gasteiger partial charge is 0.0534 e. The molecule has 0 aliphatic carbocycles. The van der Waals surface area contributed by atoms with E-state index in [0.29, 0.717) is 26.1 Å². The summed E-state index contributed by atoms with van der Waals surface area (Å²) in [6.07, 6.45) is 0.752. The molecule has 11 heavy (non-hydrogen) atoms. The van der Waals surface area contributed by atoms with Gasteiger partial charge in [-0.15, -0.1) is 0 Å². The third kappa shape index (κ3) is 9.88. The molecule has 2 atom stereocenters. The lowest BCUT2D eigenvalue weighted by molar-refractivity contribution is 0.0659. The van der Waals surface area contributed by atoms with Crippen LogP contribution in [0.4, 0.5) is 0 Å². The molecule has 68 valence electrons. The zero-order valence-corrected chi connectivity index (χ0v) is 7.29. The van der Waals surface area contributed by atoms with Crippen LogP contribution < -0.4 is 0 Å². The number of aliphatic hydroxyl groups excluding tert-OH is 2. The second-order valence-electron chi connectivity index (χ2n) is 2.89. The summed E-state index contributed by atoms with van der Waals surface area (Å²) in [7, 11) is 0. The van der Waals surface area contributed by atoms with Crippen LogP contribution in [0.1, 0.15) is 26.7 Å². The molecule has 0 saturated heterocycles. The standard InChI is InChI=1S/C8H18O3/c1-7(9)3-5-11-6-4-8(2)10/h7-10H,3-6H2,1-2H3/t7-,8-/m1/s1. The van der Waals surface area contributed by atoms with Gasteiger partial charge in [-0.1, -0.05) is 0 Å². The Morgan fingerprint density at radius 1 is 1.00 bits per heavy atom. The first-order chi connectivity index (χ1) is 5.13. The molecule has 0 fully saturated rings. The number of rotatable bonds is 6. The predicted octanol–water partition coefficient (Wildman–Crippen LogP) is 0.545. The van der Waals surface area contributed by atoms with Gasteiger partial charge in [-0.2, -0.15) is 0 Å². The first-order valence-electron chi connectivity index (χ1n) is 4.06. The van der Waals surface area contributed by atoms with Gasteiger partial charge in [0, 0.05) is 13.2 Å². The zero-order chi connectivity index (χ0) is 8.69. The highest BCUT2D eigenvalue weighted by Gasteiger charge is 1.97. The third-order valence-corrected chi connectivity index (χ3v) is 1.36. The highest BCUT2D eigenvalue weighted by Crippen LogP contribution is 1.93. The van der Waals surface area contributed by atoms with Crippen molar-refractivity contribution in [1.29, 1.82) is 0 Å². The Morgan fingerprint density at radius 3 is 1.64 bits per heavy atom. The van der Waals surface area contributed by atoms with E-state index in [9.17, 15) is 0 Å². The van der Waals surface area contributed by atoms with Gasteiger partial charge in [0.1, 0.15) is 0 Å². The van der Waals surface area contributed by atoms with Crippen molar-refractivity contribution in [3.8, 4) is 0 Å². The number of ether oxygens (including phenoxy) is 1. The highest BCUT2D eigenvalue weighted by atomic mass is 16.5. The molecule has 0 saturated carbocycles. The lowest BCUT2D eigenvalue weighted by atomic mass is 10.3. The molecule has 0 aromatic rings. The van der Waals surface area contributed by atoms with Crippen molar-refractivity contribution in [2.45, 2.75) is 38.9 Å². The van der Waals surface area contributed by atoms with E-state index in [0.717, 1.165) is 0 Å². The van der Waals surface area contributed by atoms with Crippen molar-refractivity contribution in [1.82, 2.24) is 0 Å². The third-order valence-electron chi connectivity index (χ3n) is 1.36. The molecule has 0 aromatic carbocycles. The maximum absolute atomic E-state index is 8.83. The van der Waals surface area contributed by atoms with Crippen LogP contribution in [0, 0.1) is 0 Å². The summed E-state index contributed by atoms with van der Waals surface area (Å²) in [6, 6.07) is 0. The normalized spacial score (nSPS) is 16.4. The topological polar surface area (TPSA) is 49.7 Å². The molecule has 3 nitrogen and oxygen atoms in total. The molecule has 2 N–H and O–H groups in total. The van der Waals surface area contributed by atoms with Crippen LogP contribution in [0.3, 0.4) is 0 Å². The molecule has 0 spiro atoms. The molecule has 0 aliphatic rings. The summed E-state index contributed by atoms with van der Waals surface area (Å²) < 4.78 is 5.14. The van der Waals surface area contributed by atoms with Crippen molar-refractivity contribution in [2.24, 2.45) is 0 Å². The zero-order valence-electron chi connectivity index (χ0n) is 7.29. The predicted molar refractivity (Wildman–Crippen MR) is 43.4 cm³/mol. The number of aliphatic hydroxyl groups is 2. The van der Waals surface area contributed by atoms with Crippen LogP contribution in [0.25, 0.3) is 0 Å². The molecule has 0 bridgehead atoms. The Hall–Kier alpha value is -0.120. The van der Waals surface area contributed by atoms with E-state index in [1.807, 2.05) is 0 Å². The molecule has 0 aromatic heterocycles. The van der Waals surface area contributed by atoms with Crippen LogP contribution in [-0.4, -0.2) is 35.6 Å². The summed E-state index contributed by atoms with van der Waals surface area (Å²) in [4.78, 5) is 0. The van der Waals surface area contributed by atoms with E-state index >= 15 is 0 Å². The van der Waals surface area contributed by atoms with E-state index in [2.05, 4.69) is 0 Å². The van der Waals surface area contributed by atoms with Crippen LogP contribution >= 0.6 is 0 Å². The molecule has 0 rings (SSSR count). The molecule has 0 aliphatic heterocycles. The molecule has 0 radical (unpaired) electrons. The van der Waals surface area contributed by atoms with Crippen LogP contribution in [0.5, 0.6) is 0 Å². The first kappa shape index (κ1) is 10.9. The van der Waals surface area contributed by atoms with E-state index in [1.54, 1.807) is 13.8 Å². The Kier molecular flexibility index (Phi) is 6.51. The largest absolute Gasteiger partial charge is 0.393 e. The molecule has 0 amide bonds. The Morgan fingerprint density at radius 2 is 1.36 bits per heavy atom. The fraction of sp³-hybridized carbons (Fsp3) is 1.00. The van der Waals surface area contributed by atoms with Gasteiger partial charge in [-0.3, -0.25) is 0 Å². The van der Waals surface area contributed by atoms with Crippen molar-refractivity contribution < 1.29 is 14.9 Å². The van der Waals surface area contributed by atoms with Gasteiger partial charge in [-0.25, -0.2) is 0 Å². The summed E-state index contributed by atoms with van der Waals surface area (Å²) in [5.41, 5.74) is 0. The van der Waals surface area contributed by atoms with Crippen molar-refractivity contribution >= 4 is 0 Å². The van der Waals surface area contributed by atoms with Gasteiger partial charge >= 0.3 is 0 Å². The molecule has 0 unspecified atom stereocenters. The SMILES string of the molecule is C[C@@H](O)CCOCC[C@@H](C)O. The van der Waals surface area contributed by atoms with Gasteiger partial charge in [0.05, 0.1) is 12.2 Å².